The van der Waals surface area contributed by atoms with Crippen LogP contribution >= 0.6 is 35.3 Å². The van der Waals surface area contributed by atoms with Gasteiger partial charge in [-0.3, -0.25) is 4.79 Å². The first kappa shape index (κ1) is 16.2. The van der Waals surface area contributed by atoms with Gasteiger partial charge >= 0.3 is 0 Å². The molecule has 2 aromatic rings. The Morgan fingerprint density at radius 1 is 1.33 bits per heavy atom. The Kier molecular flexibility index (Phi) is 5.96. The minimum atomic E-state index is 0.136. The minimum Gasteiger partial charge on any atom is -0.343 e. The predicted molar refractivity (Wildman–Crippen MR) is 90.9 cm³/mol. The van der Waals surface area contributed by atoms with Crippen molar-refractivity contribution in [2.45, 2.75) is 18.2 Å². The molecule has 0 fully saturated rings. The monoisotopic (exact) mass is 339 g/mol. The van der Waals surface area contributed by atoms with Crippen LogP contribution in [0, 0.1) is 3.95 Å². The van der Waals surface area contributed by atoms with E-state index >= 15 is 0 Å². The normalized spacial score (nSPS) is 10.6. The molecule has 4 nitrogen and oxygen atoms in total. The number of para-hydroxylation sites is 1. The Labute approximate surface area is 137 Å². The number of hydrogen-bond acceptors (Lipinski definition) is 5. The maximum absolute atomic E-state index is 12.0. The third-order valence-corrected chi connectivity index (χ3v) is 5.32. The zero-order chi connectivity index (χ0) is 15.2. The van der Waals surface area contributed by atoms with Crippen LogP contribution in [-0.2, 0) is 4.79 Å². The average Bonchev–Trinajstić information content (AvgIpc) is 2.88. The highest BCUT2D eigenvalue weighted by Gasteiger charge is 2.12. The first-order valence-corrected chi connectivity index (χ1v) is 8.92. The summed E-state index contributed by atoms with van der Waals surface area (Å²) < 4.78 is 3.26. The van der Waals surface area contributed by atoms with Crippen molar-refractivity contribution in [3.05, 3.63) is 34.3 Å². The summed E-state index contributed by atoms with van der Waals surface area (Å²) in [7, 11) is 0. The van der Waals surface area contributed by atoms with E-state index < -0.39 is 0 Å². The fourth-order valence-corrected chi connectivity index (χ4v) is 4.11. The van der Waals surface area contributed by atoms with Gasteiger partial charge in [-0.1, -0.05) is 41.3 Å². The molecule has 21 heavy (non-hydrogen) atoms. The molecule has 0 aliphatic rings. The Hall–Kier alpha value is -1.18. The molecule has 0 aliphatic heterocycles. The summed E-state index contributed by atoms with van der Waals surface area (Å²) in [6.45, 7) is 5.45. The highest BCUT2D eigenvalue weighted by atomic mass is 32.2. The second-order valence-corrected chi connectivity index (χ2v) is 7.08. The molecule has 0 radical (unpaired) electrons. The van der Waals surface area contributed by atoms with Crippen LogP contribution in [-0.4, -0.2) is 39.4 Å². The van der Waals surface area contributed by atoms with Gasteiger partial charge in [0.1, 0.15) is 0 Å². The second kappa shape index (κ2) is 7.72. The topological polar surface area (TPSA) is 38.1 Å². The number of nitrogens with zero attached hydrogens (tertiary/aromatic N) is 3. The van der Waals surface area contributed by atoms with Crippen LogP contribution in [0.4, 0.5) is 0 Å². The van der Waals surface area contributed by atoms with Crippen molar-refractivity contribution in [1.29, 1.82) is 0 Å². The SMILES string of the molecule is CCN(CC)C(=O)CSc1nn(-c2ccccc2)c(=S)s1. The maximum atomic E-state index is 12.0. The lowest BCUT2D eigenvalue weighted by molar-refractivity contribution is -0.127. The molecule has 0 aliphatic carbocycles. The lowest BCUT2D eigenvalue weighted by Gasteiger charge is -2.17. The van der Waals surface area contributed by atoms with Gasteiger partial charge in [0.2, 0.25) is 5.91 Å². The van der Waals surface area contributed by atoms with Gasteiger partial charge in [-0.25, -0.2) is 4.68 Å². The Morgan fingerprint density at radius 3 is 2.62 bits per heavy atom. The number of carbonyl (C=O) groups excluding carboxylic acids is 1. The summed E-state index contributed by atoms with van der Waals surface area (Å²) >= 11 is 8.23. The molecule has 1 aromatic carbocycles. The van der Waals surface area contributed by atoms with Crippen molar-refractivity contribution in [3.63, 3.8) is 0 Å². The molecule has 0 saturated heterocycles. The molecule has 0 saturated carbocycles. The third kappa shape index (κ3) is 4.15. The fourth-order valence-electron chi connectivity index (χ4n) is 1.84. The van der Waals surface area contributed by atoms with E-state index in [1.165, 1.54) is 23.1 Å². The second-order valence-electron chi connectivity index (χ2n) is 4.24. The van der Waals surface area contributed by atoms with Crippen LogP contribution in [0.2, 0.25) is 0 Å². The first-order chi connectivity index (χ1) is 10.2. The first-order valence-electron chi connectivity index (χ1n) is 6.71. The van der Waals surface area contributed by atoms with Crippen LogP contribution < -0.4 is 0 Å². The molecule has 1 aromatic heterocycles. The van der Waals surface area contributed by atoms with E-state index in [0.29, 0.717) is 9.71 Å². The molecule has 0 N–H and O–H groups in total. The largest absolute Gasteiger partial charge is 0.343 e. The summed E-state index contributed by atoms with van der Waals surface area (Å²) in [6, 6.07) is 9.79. The van der Waals surface area contributed by atoms with Gasteiger partial charge < -0.3 is 4.90 Å². The highest BCUT2D eigenvalue weighted by molar-refractivity contribution is 8.01. The van der Waals surface area contributed by atoms with E-state index in [0.717, 1.165) is 23.1 Å². The van der Waals surface area contributed by atoms with Gasteiger partial charge in [-0.2, -0.15) is 0 Å². The Morgan fingerprint density at radius 2 is 2.00 bits per heavy atom. The predicted octanol–water partition coefficient (Wildman–Crippen LogP) is 3.62. The van der Waals surface area contributed by atoms with Gasteiger partial charge in [0, 0.05) is 13.1 Å². The number of carbonyl (C=O) groups is 1. The van der Waals surface area contributed by atoms with Crippen LogP contribution in [0.25, 0.3) is 5.69 Å². The van der Waals surface area contributed by atoms with E-state index in [9.17, 15) is 4.79 Å². The van der Waals surface area contributed by atoms with Crippen molar-refractivity contribution in [2.24, 2.45) is 0 Å². The number of amides is 1. The van der Waals surface area contributed by atoms with Gasteiger partial charge in [0.05, 0.1) is 11.4 Å². The maximum Gasteiger partial charge on any atom is 0.233 e. The minimum absolute atomic E-state index is 0.136. The number of rotatable bonds is 6. The molecule has 1 heterocycles. The molecule has 112 valence electrons. The fraction of sp³-hybridized carbons (Fsp3) is 0.357. The number of thioether (sulfide) groups is 1. The standard InChI is InChI=1S/C14H17N3OS3/c1-3-16(4-2)12(18)10-20-13-15-17(14(19)21-13)11-8-6-5-7-9-11/h5-9H,3-4,10H2,1-2H3. The molecule has 7 heteroatoms. The van der Waals surface area contributed by atoms with Gasteiger partial charge in [-0.05, 0) is 38.2 Å². The Balaban J connectivity index is 2.07. The van der Waals surface area contributed by atoms with Crippen LogP contribution in [0.15, 0.2) is 34.7 Å². The molecule has 2 rings (SSSR count). The van der Waals surface area contributed by atoms with Crippen molar-refractivity contribution >= 4 is 41.2 Å². The molecular formula is C14H17N3OS3. The number of benzene rings is 1. The molecule has 0 unspecified atom stereocenters. The summed E-state index contributed by atoms with van der Waals surface area (Å²) in [5.41, 5.74) is 0.945. The number of hydrogen-bond donors (Lipinski definition) is 0. The summed E-state index contributed by atoms with van der Waals surface area (Å²) in [5.74, 6) is 0.538. The highest BCUT2D eigenvalue weighted by Crippen LogP contribution is 2.24. The van der Waals surface area contributed by atoms with E-state index in [4.69, 9.17) is 12.2 Å². The van der Waals surface area contributed by atoms with Crippen molar-refractivity contribution < 1.29 is 4.79 Å². The van der Waals surface area contributed by atoms with Crippen LogP contribution in [0.3, 0.4) is 0 Å². The summed E-state index contributed by atoms with van der Waals surface area (Å²) in [4.78, 5) is 13.8. The van der Waals surface area contributed by atoms with E-state index in [2.05, 4.69) is 5.10 Å². The zero-order valence-corrected chi connectivity index (χ0v) is 14.4. The molecule has 0 bridgehead atoms. The van der Waals surface area contributed by atoms with Crippen molar-refractivity contribution in [3.8, 4) is 5.69 Å². The van der Waals surface area contributed by atoms with Crippen molar-refractivity contribution in [2.75, 3.05) is 18.8 Å². The molecule has 0 atom stereocenters. The van der Waals surface area contributed by atoms with Gasteiger partial charge in [0.15, 0.2) is 8.29 Å². The molecular weight excluding hydrogens is 322 g/mol. The Bertz CT molecular complexity index is 647. The summed E-state index contributed by atoms with van der Waals surface area (Å²) in [6.07, 6.45) is 0. The molecule has 0 spiro atoms. The van der Waals surface area contributed by atoms with Crippen molar-refractivity contribution in [1.82, 2.24) is 14.7 Å². The van der Waals surface area contributed by atoms with E-state index in [1.807, 2.05) is 49.1 Å². The van der Waals surface area contributed by atoms with E-state index in [1.54, 1.807) is 4.68 Å². The smallest absolute Gasteiger partial charge is 0.233 e. The van der Waals surface area contributed by atoms with E-state index in [-0.39, 0.29) is 5.91 Å². The van der Waals surface area contributed by atoms with Gasteiger partial charge in [0.25, 0.3) is 0 Å². The lowest BCUT2D eigenvalue weighted by atomic mass is 10.3. The quantitative estimate of drug-likeness (QED) is 0.595. The van der Waals surface area contributed by atoms with Crippen LogP contribution in [0.5, 0.6) is 0 Å². The van der Waals surface area contributed by atoms with Gasteiger partial charge in [-0.15, -0.1) is 5.10 Å². The average molecular weight is 340 g/mol. The lowest BCUT2D eigenvalue weighted by Crippen LogP contribution is -2.31. The number of aromatic nitrogens is 2. The summed E-state index contributed by atoms with van der Waals surface area (Å²) in [5, 5.41) is 4.49. The molecule has 1 amide bonds. The third-order valence-electron chi connectivity index (χ3n) is 2.97. The zero-order valence-electron chi connectivity index (χ0n) is 12.0. The van der Waals surface area contributed by atoms with Crippen LogP contribution in [0.1, 0.15) is 13.8 Å².